The lowest BCUT2D eigenvalue weighted by Crippen LogP contribution is -2.85. The third-order valence-electron chi connectivity index (χ3n) is 6.55. The molecule has 0 radical (unpaired) electrons. The van der Waals surface area contributed by atoms with Crippen LogP contribution >= 0.6 is 0 Å². The largest absolute Gasteiger partial charge is 0.348 e. The van der Waals surface area contributed by atoms with Gasteiger partial charge in [-0.05, 0) is 34.7 Å². The molecule has 3 nitrogen and oxygen atoms in total. The molecule has 0 amide bonds. The molecule has 2 rings (SSSR count). The minimum absolute atomic E-state index is 0.0447. The van der Waals surface area contributed by atoms with Gasteiger partial charge in [-0.15, -0.1) is 0 Å². The van der Waals surface area contributed by atoms with Gasteiger partial charge in [0, 0.05) is 33.8 Å². The Hall–Kier alpha value is -0.830. The SMILES string of the molecule is CN1C(C)(C)C(C)(C(C)(C)c2cnc[nH]2)C1(C)C. The molecule has 0 bridgehead atoms. The van der Waals surface area contributed by atoms with E-state index in [4.69, 9.17) is 0 Å². The highest BCUT2D eigenvalue weighted by Crippen LogP contribution is 2.66. The molecule has 1 aliphatic rings. The van der Waals surface area contributed by atoms with Gasteiger partial charge in [0.15, 0.2) is 0 Å². The van der Waals surface area contributed by atoms with Crippen LogP contribution in [0.2, 0.25) is 0 Å². The van der Waals surface area contributed by atoms with Crippen LogP contribution in [0.25, 0.3) is 0 Å². The molecule has 0 aromatic carbocycles. The van der Waals surface area contributed by atoms with Crippen molar-refractivity contribution in [1.82, 2.24) is 14.9 Å². The van der Waals surface area contributed by atoms with Gasteiger partial charge in [0.1, 0.15) is 0 Å². The molecular formula is C15H27N3. The van der Waals surface area contributed by atoms with Gasteiger partial charge in [0.2, 0.25) is 0 Å². The number of imidazole rings is 1. The first-order valence-electron chi connectivity index (χ1n) is 6.74. The molecule has 0 saturated carbocycles. The number of nitrogens with one attached hydrogen (secondary N) is 1. The van der Waals surface area contributed by atoms with Crippen molar-refractivity contribution in [2.75, 3.05) is 7.05 Å². The highest BCUT2D eigenvalue weighted by Gasteiger charge is 2.72. The molecule has 0 atom stereocenters. The minimum atomic E-state index is 0.0447. The summed E-state index contributed by atoms with van der Waals surface area (Å²) in [5, 5.41) is 0. The molecule has 102 valence electrons. The van der Waals surface area contributed by atoms with E-state index < -0.39 is 0 Å². The van der Waals surface area contributed by atoms with Crippen molar-refractivity contribution in [2.45, 2.75) is 65.0 Å². The van der Waals surface area contributed by atoms with Crippen LogP contribution in [0.4, 0.5) is 0 Å². The molecule has 1 fully saturated rings. The molecule has 0 unspecified atom stereocenters. The minimum Gasteiger partial charge on any atom is -0.348 e. The van der Waals surface area contributed by atoms with E-state index in [1.165, 1.54) is 5.69 Å². The lowest BCUT2D eigenvalue weighted by Gasteiger charge is -2.77. The van der Waals surface area contributed by atoms with Crippen molar-refractivity contribution in [3.8, 4) is 0 Å². The second-order valence-corrected chi connectivity index (χ2v) is 7.39. The van der Waals surface area contributed by atoms with Crippen LogP contribution in [0.5, 0.6) is 0 Å². The van der Waals surface area contributed by atoms with E-state index in [0.29, 0.717) is 0 Å². The number of hydrogen-bond acceptors (Lipinski definition) is 2. The van der Waals surface area contributed by atoms with E-state index in [1.54, 1.807) is 6.33 Å². The Morgan fingerprint density at radius 1 is 1.11 bits per heavy atom. The van der Waals surface area contributed by atoms with Gasteiger partial charge >= 0.3 is 0 Å². The Morgan fingerprint density at radius 3 is 2.00 bits per heavy atom. The van der Waals surface area contributed by atoms with Crippen LogP contribution in [0, 0.1) is 5.41 Å². The molecule has 0 aliphatic carbocycles. The normalized spacial score (nSPS) is 25.8. The zero-order chi connectivity index (χ0) is 14.0. The van der Waals surface area contributed by atoms with Crippen LogP contribution in [0.15, 0.2) is 12.5 Å². The number of nitrogens with zero attached hydrogens (tertiary/aromatic N) is 2. The van der Waals surface area contributed by atoms with E-state index in [9.17, 15) is 0 Å². The maximum atomic E-state index is 4.21. The van der Waals surface area contributed by atoms with Crippen LogP contribution in [0.3, 0.4) is 0 Å². The summed E-state index contributed by atoms with van der Waals surface area (Å²) in [4.78, 5) is 10.0. The van der Waals surface area contributed by atoms with Crippen LogP contribution in [-0.4, -0.2) is 33.0 Å². The van der Waals surface area contributed by atoms with Crippen LogP contribution in [-0.2, 0) is 5.41 Å². The molecule has 1 aromatic rings. The lowest BCUT2D eigenvalue weighted by molar-refractivity contribution is -0.255. The number of aromatic nitrogens is 2. The predicted molar refractivity (Wildman–Crippen MR) is 75.6 cm³/mol. The summed E-state index contributed by atoms with van der Waals surface area (Å²) in [5.74, 6) is 0. The van der Waals surface area contributed by atoms with Crippen LogP contribution < -0.4 is 0 Å². The number of aromatic amines is 1. The van der Waals surface area contributed by atoms with Gasteiger partial charge in [-0.2, -0.15) is 0 Å². The van der Waals surface area contributed by atoms with E-state index in [1.807, 2.05) is 6.20 Å². The summed E-state index contributed by atoms with van der Waals surface area (Å²) >= 11 is 0. The first kappa shape index (κ1) is 13.6. The number of H-pyrrole nitrogens is 1. The fourth-order valence-corrected chi connectivity index (χ4v) is 4.46. The second-order valence-electron chi connectivity index (χ2n) is 7.39. The highest BCUT2D eigenvalue weighted by molar-refractivity contribution is 5.32. The average molecular weight is 249 g/mol. The number of rotatable bonds is 2. The molecule has 0 spiro atoms. The third kappa shape index (κ3) is 1.16. The second kappa shape index (κ2) is 3.38. The topological polar surface area (TPSA) is 31.9 Å². The van der Waals surface area contributed by atoms with Gasteiger partial charge < -0.3 is 4.98 Å². The monoisotopic (exact) mass is 249 g/mol. The molecule has 18 heavy (non-hydrogen) atoms. The molecule has 1 saturated heterocycles. The van der Waals surface area contributed by atoms with Crippen molar-refractivity contribution in [2.24, 2.45) is 5.41 Å². The first-order valence-corrected chi connectivity index (χ1v) is 6.74. The Labute approximate surface area is 111 Å². The molecular weight excluding hydrogens is 222 g/mol. The number of hydrogen-bond donors (Lipinski definition) is 1. The van der Waals surface area contributed by atoms with E-state index in [-0.39, 0.29) is 21.9 Å². The fourth-order valence-electron chi connectivity index (χ4n) is 4.46. The highest BCUT2D eigenvalue weighted by atomic mass is 15.3. The van der Waals surface area contributed by atoms with Gasteiger partial charge in [-0.25, -0.2) is 4.98 Å². The Bertz CT molecular complexity index is 424. The Kier molecular flexibility index (Phi) is 2.56. The fraction of sp³-hybridized carbons (Fsp3) is 0.800. The van der Waals surface area contributed by atoms with Gasteiger partial charge in [0.05, 0.1) is 6.33 Å². The zero-order valence-corrected chi connectivity index (χ0v) is 13.0. The average Bonchev–Trinajstić information content (AvgIpc) is 2.79. The van der Waals surface area contributed by atoms with Crippen molar-refractivity contribution in [1.29, 1.82) is 0 Å². The molecule has 1 aliphatic heterocycles. The van der Waals surface area contributed by atoms with Crippen LogP contribution in [0.1, 0.15) is 54.2 Å². The first-order chi connectivity index (χ1) is 8.01. The predicted octanol–water partition coefficient (Wildman–Crippen LogP) is 3.20. The lowest BCUT2D eigenvalue weighted by atomic mass is 9.42. The molecule has 3 heteroatoms. The summed E-state index contributed by atoms with van der Waals surface area (Å²) in [6, 6.07) is 0. The van der Waals surface area contributed by atoms with Crippen molar-refractivity contribution in [3.05, 3.63) is 18.2 Å². The summed E-state index contributed by atoms with van der Waals surface area (Å²) in [7, 11) is 2.23. The van der Waals surface area contributed by atoms with E-state index in [0.717, 1.165) is 0 Å². The molecule has 2 heterocycles. The Morgan fingerprint density at radius 2 is 1.61 bits per heavy atom. The smallest absolute Gasteiger partial charge is 0.0921 e. The van der Waals surface area contributed by atoms with Crippen molar-refractivity contribution >= 4 is 0 Å². The maximum Gasteiger partial charge on any atom is 0.0921 e. The summed E-state index contributed by atoms with van der Waals surface area (Å²) in [6.07, 6.45) is 3.75. The summed E-state index contributed by atoms with van der Waals surface area (Å²) in [6.45, 7) is 16.4. The van der Waals surface area contributed by atoms with Crippen molar-refractivity contribution in [3.63, 3.8) is 0 Å². The standard InChI is InChI=1S/C15H27N3/c1-12(2,11-9-16-10-17-11)15(7)13(3,4)18(8)14(15,5)6/h9-10H,1-8H3,(H,16,17). The van der Waals surface area contributed by atoms with Gasteiger partial charge in [-0.3, -0.25) is 4.90 Å². The van der Waals surface area contributed by atoms with E-state index >= 15 is 0 Å². The van der Waals surface area contributed by atoms with E-state index in [2.05, 4.69) is 70.4 Å². The van der Waals surface area contributed by atoms with Gasteiger partial charge in [-0.1, -0.05) is 20.8 Å². The maximum absolute atomic E-state index is 4.21. The quantitative estimate of drug-likeness (QED) is 0.873. The summed E-state index contributed by atoms with van der Waals surface area (Å²) in [5.41, 5.74) is 1.74. The van der Waals surface area contributed by atoms with Crippen molar-refractivity contribution < 1.29 is 0 Å². The zero-order valence-electron chi connectivity index (χ0n) is 13.0. The molecule has 1 N–H and O–H groups in total. The van der Waals surface area contributed by atoms with Gasteiger partial charge in [0.25, 0.3) is 0 Å². The molecule has 1 aromatic heterocycles. The Balaban J connectivity index is 2.55. The third-order valence-corrected chi connectivity index (χ3v) is 6.55. The summed E-state index contributed by atoms with van der Waals surface area (Å²) < 4.78 is 0. The number of likely N-dealkylation sites (tertiary alicyclic amines) is 1.